The summed E-state index contributed by atoms with van der Waals surface area (Å²) >= 11 is 0. The Morgan fingerprint density at radius 2 is 2.47 bits per heavy atom. The summed E-state index contributed by atoms with van der Waals surface area (Å²) in [6, 6.07) is 0.0470. The average molecular weight is 208 g/mol. The molecular weight excluding hydrogens is 192 g/mol. The number of aryl methyl sites for hydroxylation is 1. The minimum absolute atomic E-state index is 0.0470. The van der Waals surface area contributed by atoms with Crippen molar-refractivity contribution in [1.82, 2.24) is 14.8 Å². The summed E-state index contributed by atoms with van der Waals surface area (Å²) in [5, 5.41) is 3.92. The topological polar surface area (TPSA) is 73.8 Å². The van der Waals surface area contributed by atoms with E-state index in [4.69, 9.17) is 5.73 Å². The number of aromatic nitrogens is 3. The van der Waals surface area contributed by atoms with Gasteiger partial charge in [-0.15, -0.1) is 0 Å². The van der Waals surface area contributed by atoms with Gasteiger partial charge in [0.25, 0.3) is 0 Å². The van der Waals surface area contributed by atoms with E-state index in [1.54, 1.807) is 11.7 Å². The molecule has 2 rings (SSSR count). The van der Waals surface area contributed by atoms with Gasteiger partial charge in [0.15, 0.2) is 0 Å². The highest BCUT2D eigenvalue weighted by atomic mass is 16.1. The molecule has 15 heavy (non-hydrogen) atoms. The molecule has 1 fully saturated rings. The van der Waals surface area contributed by atoms with Crippen LogP contribution in [0.1, 0.15) is 25.1 Å². The molecule has 1 atom stereocenters. The number of carbonyl (C=O) groups excluding carboxylic acids is 1. The van der Waals surface area contributed by atoms with E-state index in [0.29, 0.717) is 24.6 Å². The lowest BCUT2D eigenvalue weighted by Crippen LogP contribution is -2.27. The number of hydrogen-bond donors (Lipinski definition) is 1. The molecule has 0 saturated heterocycles. The van der Waals surface area contributed by atoms with E-state index in [9.17, 15) is 4.79 Å². The van der Waals surface area contributed by atoms with Crippen molar-refractivity contribution in [2.45, 2.75) is 31.7 Å². The smallest absolute Gasteiger partial charge is 0.142 e. The zero-order chi connectivity index (χ0) is 10.8. The molecule has 1 aromatic rings. The van der Waals surface area contributed by atoms with Crippen molar-refractivity contribution in [3.63, 3.8) is 0 Å². The quantitative estimate of drug-likeness (QED) is 0.742. The number of nitrogens with zero attached hydrogens (tertiary/aromatic N) is 3. The van der Waals surface area contributed by atoms with Crippen molar-refractivity contribution in [1.29, 1.82) is 0 Å². The molecule has 0 aliphatic heterocycles. The highest BCUT2D eigenvalue weighted by molar-refractivity contribution is 5.80. The molecule has 82 valence electrons. The molecule has 0 amide bonds. The van der Waals surface area contributed by atoms with Crippen LogP contribution in [0.15, 0.2) is 6.33 Å². The Bertz CT molecular complexity index is 356. The normalized spacial score (nSPS) is 17.7. The lowest BCUT2D eigenvalue weighted by Gasteiger charge is -2.08. The summed E-state index contributed by atoms with van der Waals surface area (Å²) in [5.41, 5.74) is 5.88. The van der Waals surface area contributed by atoms with Crippen LogP contribution in [0.5, 0.6) is 0 Å². The first-order chi connectivity index (χ1) is 7.16. The lowest BCUT2D eigenvalue weighted by atomic mass is 10.1. The molecule has 1 aliphatic carbocycles. The highest BCUT2D eigenvalue weighted by Crippen LogP contribution is 2.32. The van der Waals surface area contributed by atoms with Gasteiger partial charge in [-0.1, -0.05) is 0 Å². The van der Waals surface area contributed by atoms with Crippen molar-refractivity contribution >= 4 is 5.78 Å². The zero-order valence-corrected chi connectivity index (χ0v) is 8.89. The van der Waals surface area contributed by atoms with Gasteiger partial charge in [0.05, 0.1) is 6.42 Å². The molecule has 5 heteroatoms. The standard InChI is InChI=1S/C10H16N4O/c1-14-10(12-6-13-14)5-8(15)4-9(11)7-2-3-7/h6-7,9H,2-5,11H2,1H3. The van der Waals surface area contributed by atoms with E-state index in [2.05, 4.69) is 10.1 Å². The molecule has 1 saturated carbocycles. The fourth-order valence-corrected chi connectivity index (χ4v) is 1.68. The van der Waals surface area contributed by atoms with Crippen LogP contribution in [-0.2, 0) is 18.3 Å². The maximum Gasteiger partial charge on any atom is 0.142 e. The first kappa shape index (κ1) is 10.3. The number of hydrogen-bond acceptors (Lipinski definition) is 4. The van der Waals surface area contributed by atoms with Crippen LogP contribution in [0.4, 0.5) is 0 Å². The Balaban J connectivity index is 1.84. The number of Topliss-reactive ketones (excluding diaryl/α,β-unsaturated/α-hetero) is 1. The maximum absolute atomic E-state index is 11.6. The predicted molar refractivity (Wildman–Crippen MR) is 55.0 cm³/mol. The van der Waals surface area contributed by atoms with Gasteiger partial charge in [-0.3, -0.25) is 9.48 Å². The Morgan fingerprint density at radius 1 is 1.73 bits per heavy atom. The summed E-state index contributed by atoms with van der Waals surface area (Å²) in [5.74, 6) is 1.45. The zero-order valence-electron chi connectivity index (χ0n) is 8.89. The Morgan fingerprint density at radius 3 is 3.00 bits per heavy atom. The van der Waals surface area contributed by atoms with E-state index in [1.807, 2.05) is 0 Å². The minimum atomic E-state index is 0.0470. The van der Waals surface area contributed by atoms with Crippen molar-refractivity contribution < 1.29 is 4.79 Å². The molecule has 0 radical (unpaired) electrons. The van der Waals surface area contributed by atoms with Crippen LogP contribution in [0.25, 0.3) is 0 Å². The van der Waals surface area contributed by atoms with Crippen molar-refractivity contribution in [3.05, 3.63) is 12.2 Å². The molecule has 0 bridgehead atoms. The number of carbonyl (C=O) groups is 1. The van der Waals surface area contributed by atoms with E-state index < -0.39 is 0 Å². The van der Waals surface area contributed by atoms with Crippen LogP contribution in [-0.4, -0.2) is 26.6 Å². The second kappa shape index (κ2) is 4.10. The molecule has 1 heterocycles. The number of ketones is 1. The molecule has 1 aromatic heterocycles. The van der Waals surface area contributed by atoms with Crippen molar-refractivity contribution in [2.75, 3.05) is 0 Å². The Labute approximate surface area is 88.7 Å². The van der Waals surface area contributed by atoms with Crippen molar-refractivity contribution in [3.8, 4) is 0 Å². The summed E-state index contributed by atoms with van der Waals surface area (Å²) in [7, 11) is 1.79. The van der Waals surface area contributed by atoms with Crippen LogP contribution >= 0.6 is 0 Å². The molecule has 0 aromatic carbocycles. The fourth-order valence-electron chi connectivity index (χ4n) is 1.68. The number of nitrogens with two attached hydrogens (primary N) is 1. The summed E-state index contributed by atoms with van der Waals surface area (Å²) in [6.45, 7) is 0. The van der Waals surface area contributed by atoms with E-state index in [1.165, 1.54) is 19.2 Å². The van der Waals surface area contributed by atoms with Gasteiger partial charge < -0.3 is 5.73 Å². The van der Waals surface area contributed by atoms with Gasteiger partial charge in [0.2, 0.25) is 0 Å². The van der Waals surface area contributed by atoms with Gasteiger partial charge in [0.1, 0.15) is 17.9 Å². The van der Waals surface area contributed by atoms with Crippen LogP contribution in [0, 0.1) is 5.92 Å². The van der Waals surface area contributed by atoms with Crippen LogP contribution in [0.3, 0.4) is 0 Å². The van der Waals surface area contributed by atoms with Gasteiger partial charge >= 0.3 is 0 Å². The summed E-state index contributed by atoms with van der Waals surface area (Å²) in [4.78, 5) is 15.7. The SMILES string of the molecule is Cn1ncnc1CC(=O)CC(N)C1CC1. The highest BCUT2D eigenvalue weighted by Gasteiger charge is 2.29. The Kier molecular flexibility index (Phi) is 2.81. The molecule has 2 N–H and O–H groups in total. The second-order valence-electron chi connectivity index (χ2n) is 4.22. The molecular formula is C10H16N4O. The predicted octanol–water partition coefficient (Wildman–Crippen LogP) is 0.0541. The third kappa shape index (κ3) is 2.62. The van der Waals surface area contributed by atoms with Gasteiger partial charge in [-0.25, -0.2) is 4.98 Å². The third-order valence-corrected chi connectivity index (χ3v) is 2.85. The number of rotatable bonds is 5. The average Bonchev–Trinajstić information content (AvgIpc) is 2.94. The van der Waals surface area contributed by atoms with E-state index in [-0.39, 0.29) is 11.8 Å². The molecule has 1 aliphatic rings. The van der Waals surface area contributed by atoms with E-state index >= 15 is 0 Å². The molecule has 1 unspecified atom stereocenters. The van der Waals surface area contributed by atoms with E-state index in [0.717, 1.165) is 0 Å². The summed E-state index contributed by atoms with van der Waals surface area (Å²) < 4.78 is 1.63. The van der Waals surface area contributed by atoms with Gasteiger partial charge in [-0.2, -0.15) is 5.10 Å². The lowest BCUT2D eigenvalue weighted by molar-refractivity contribution is -0.119. The second-order valence-corrected chi connectivity index (χ2v) is 4.22. The molecule has 5 nitrogen and oxygen atoms in total. The fraction of sp³-hybridized carbons (Fsp3) is 0.700. The monoisotopic (exact) mass is 208 g/mol. The van der Waals surface area contributed by atoms with Crippen LogP contribution < -0.4 is 5.73 Å². The molecule has 0 spiro atoms. The van der Waals surface area contributed by atoms with Gasteiger partial charge in [0, 0.05) is 19.5 Å². The first-order valence-corrected chi connectivity index (χ1v) is 5.27. The van der Waals surface area contributed by atoms with Crippen molar-refractivity contribution in [2.24, 2.45) is 18.7 Å². The van der Waals surface area contributed by atoms with Gasteiger partial charge in [-0.05, 0) is 18.8 Å². The largest absolute Gasteiger partial charge is 0.327 e. The maximum atomic E-state index is 11.6. The first-order valence-electron chi connectivity index (χ1n) is 5.27. The minimum Gasteiger partial charge on any atom is -0.327 e. The Hall–Kier alpha value is -1.23. The summed E-state index contributed by atoms with van der Waals surface area (Å²) in [6.07, 6.45) is 4.63. The van der Waals surface area contributed by atoms with Crippen LogP contribution in [0.2, 0.25) is 0 Å². The third-order valence-electron chi connectivity index (χ3n) is 2.85.